The van der Waals surface area contributed by atoms with Gasteiger partial charge < -0.3 is 4.42 Å². The van der Waals surface area contributed by atoms with Crippen LogP contribution in [0.25, 0.3) is 61.5 Å². The van der Waals surface area contributed by atoms with Gasteiger partial charge in [0.2, 0.25) is 17.1 Å². The minimum atomic E-state index is 0.272. The van der Waals surface area contributed by atoms with Gasteiger partial charge in [0.05, 0.1) is 17.2 Å². The summed E-state index contributed by atoms with van der Waals surface area (Å²) in [6, 6.07) is 27.8. The van der Waals surface area contributed by atoms with Gasteiger partial charge in [0.1, 0.15) is 0 Å². The van der Waals surface area contributed by atoms with Gasteiger partial charge in [-0.2, -0.15) is 9.13 Å². The molecule has 4 unspecified atom stereocenters. The molecule has 0 spiro atoms. The smallest absolute Gasteiger partial charge is 0.227 e. The van der Waals surface area contributed by atoms with E-state index in [2.05, 4.69) is 150 Å². The third-order valence-corrected chi connectivity index (χ3v) is 14.3. The Bertz CT molecular complexity index is 2810. The summed E-state index contributed by atoms with van der Waals surface area (Å²) in [4.78, 5) is 5.23. The average molecular weight is 764 g/mol. The van der Waals surface area contributed by atoms with E-state index in [1.807, 2.05) is 0 Å². The van der Waals surface area contributed by atoms with Gasteiger partial charge in [-0.15, -0.1) is 0 Å². The molecule has 10 rings (SSSR count). The van der Waals surface area contributed by atoms with Crippen LogP contribution in [-0.4, -0.2) is 4.98 Å². The predicted molar refractivity (Wildman–Crippen MR) is 238 cm³/mol. The summed E-state index contributed by atoms with van der Waals surface area (Å²) in [5.41, 5.74) is 22.0. The highest BCUT2D eigenvalue weighted by Crippen LogP contribution is 2.47. The predicted octanol–water partition coefficient (Wildman–Crippen LogP) is 13.1. The Morgan fingerprint density at radius 3 is 2.21 bits per heavy atom. The van der Waals surface area contributed by atoms with Crippen molar-refractivity contribution < 1.29 is 13.6 Å². The van der Waals surface area contributed by atoms with Gasteiger partial charge in [0, 0.05) is 58.0 Å². The summed E-state index contributed by atoms with van der Waals surface area (Å²) >= 11 is 0. The monoisotopic (exact) mass is 763 g/mol. The Hall–Kier alpha value is -5.35. The Kier molecular flexibility index (Phi) is 8.85. The minimum Gasteiger partial charge on any atom is -0.437 e. The van der Waals surface area contributed by atoms with Crippen LogP contribution >= 0.6 is 0 Å². The molecule has 4 aromatic heterocycles. The van der Waals surface area contributed by atoms with Crippen molar-refractivity contribution >= 4 is 27.8 Å². The fourth-order valence-electron chi connectivity index (χ4n) is 11.5. The molecular formula is C54H57N3O+2. The zero-order valence-electron chi connectivity index (χ0n) is 35.7. The summed E-state index contributed by atoms with van der Waals surface area (Å²) in [5.74, 6) is 2.26. The summed E-state index contributed by atoms with van der Waals surface area (Å²) in [7, 11) is 0. The Labute approximate surface area is 344 Å². The highest BCUT2D eigenvalue weighted by molar-refractivity contribution is 6.09. The Morgan fingerprint density at radius 2 is 1.43 bits per heavy atom. The fourth-order valence-corrected chi connectivity index (χ4v) is 11.5. The molecule has 58 heavy (non-hydrogen) atoms. The number of fused-ring (bicyclic) bond motifs is 13. The van der Waals surface area contributed by atoms with Crippen molar-refractivity contribution in [3.05, 3.63) is 142 Å². The van der Waals surface area contributed by atoms with Crippen LogP contribution in [0, 0.1) is 53.4 Å². The number of rotatable bonds is 2. The van der Waals surface area contributed by atoms with Crippen molar-refractivity contribution in [1.29, 1.82) is 0 Å². The van der Waals surface area contributed by atoms with Crippen molar-refractivity contribution in [2.75, 3.05) is 0 Å². The topological polar surface area (TPSA) is 33.8 Å². The zero-order chi connectivity index (χ0) is 40.1. The first-order chi connectivity index (χ1) is 27.9. The molecular weight excluding hydrogens is 707 g/mol. The Balaban J connectivity index is 1.21. The van der Waals surface area contributed by atoms with Crippen LogP contribution in [0.15, 0.2) is 96.2 Å². The molecule has 2 aliphatic heterocycles. The van der Waals surface area contributed by atoms with Crippen LogP contribution < -0.4 is 9.13 Å². The summed E-state index contributed by atoms with van der Waals surface area (Å²) in [6.07, 6.45) is 11.5. The first kappa shape index (κ1) is 37.0. The molecule has 0 saturated heterocycles. The molecule has 1 fully saturated rings. The van der Waals surface area contributed by atoms with Gasteiger partial charge in [-0.25, -0.2) is 4.98 Å². The molecule has 1 saturated carbocycles. The lowest BCUT2D eigenvalue weighted by Gasteiger charge is -2.33. The lowest BCUT2D eigenvalue weighted by Crippen LogP contribution is -2.49. The molecule has 1 aliphatic carbocycles. The van der Waals surface area contributed by atoms with Gasteiger partial charge in [-0.3, -0.25) is 0 Å². The minimum absolute atomic E-state index is 0.272. The first-order valence-corrected chi connectivity index (χ1v) is 21.7. The van der Waals surface area contributed by atoms with Crippen LogP contribution in [0.1, 0.15) is 114 Å². The van der Waals surface area contributed by atoms with Gasteiger partial charge in [0.15, 0.2) is 29.7 Å². The summed E-state index contributed by atoms with van der Waals surface area (Å²) in [5, 5.41) is 2.18. The van der Waals surface area contributed by atoms with E-state index in [0.717, 1.165) is 58.8 Å². The molecule has 6 heterocycles. The molecule has 4 heteroatoms. The molecule has 4 atom stereocenters. The number of hydrogen-bond donors (Lipinski definition) is 0. The molecule has 0 N–H and O–H groups in total. The van der Waals surface area contributed by atoms with Crippen LogP contribution in [-0.2, 0) is 6.42 Å². The average Bonchev–Trinajstić information content (AvgIpc) is 3.55. The highest BCUT2D eigenvalue weighted by atomic mass is 16.3. The number of hydrogen-bond acceptors (Lipinski definition) is 2. The number of pyridine rings is 3. The number of aromatic nitrogens is 3. The molecule has 0 bridgehead atoms. The number of furan rings is 1. The first-order valence-electron chi connectivity index (χ1n) is 21.7. The second kappa shape index (κ2) is 13.9. The quantitative estimate of drug-likeness (QED) is 0.164. The van der Waals surface area contributed by atoms with Crippen molar-refractivity contribution in [2.45, 2.75) is 112 Å². The van der Waals surface area contributed by atoms with Crippen LogP contribution in [0.2, 0.25) is 0 Å². The number of benzene rings is 3. The van der Waals surface area contributed by atoms with Gasteiger partial charge in [-0.05, 0) is 143 Å². The fraction of sp³-hybridized carbons (Fsp3) is 0.352. The van der Waals surface area contributed by atoms with E-state index in [-0.39, 0.29) is 12.0 Å². The SMILES string of the molecule is C=C1CC2c3cc(C)ccc3-c3cc(C)c(C)c[n+]3C2CCc2ccc3c(oc4nc(-c5c(C)cccc5C)ccc43)c2-c2cc(C)c(C3CC(C)CC(C)C3)c[n+]21. The van der Waals surface area contributed by atoms with E-state index in [1.54, 1.807) is 0 Å². The van der Waals surface area contributed by atoms with Crippen LogP contribution in [0.5, 0.6) is 0 Å². The van der Waals surface area contributed by atoms with E-state index < -0.39 is 0 Å². The maximum absolute atomic E-state index is 7.06. The van der Waals surface area contributed by atoms with Gasteiger partial charge >= 0.3 is 0 Å². The largest absolute Gasteiger partial charge is 0.437 e. The third kappa shape index (κ3) is 5.97. The van der Waals surface area contributed by atoms with Crippen LogP contribution in [0.3, 0.4) is 0 Å². The maximum Gasteiger partial charge on any atom is 0.227 e. The van der Waals surface area contributed by atoms with E-state index in [4.69, 9.17) is 16.0 Å². The molecule has 0 radical (unpaired) electrons. The Morgan fingerprint density at radius 1 is 0.690 bits per heavy atom. The molecule has 7 aromatic rings. The van der Waals surface area contributed by atoms with Gasteiger partial charge in [-0.1, -0.05) is 61.9 Å². The van der Waals surface area contributed by atoms with E-state index in [9.17, 15) is 0 Å². The van der Waals surface area contributed by atoms with Crippen molar-refractivity contribution in [3.8, 4) is 33.8 Å². The van der Waals surface area contributed by atoms with Crippen molar-refractivity contribution in [2.24, 2.45) is 11.8 Å². The lowest BCUT2D eigenvalue weighted by molar-refractivity contribution is -0.719. The number of aryl methyl sites for hydroxylation is 7. The van der Waals surface area contributed by atoms with Crippen molar-refractivity contribution in [1.82, 2.24) is 4.98 Å². The molecule has 292 valence electrons. The van der Waals surface area contributed by atoms with E-state index in [0.29, 0.717) is 11.6 Å². The molecule has 4 nitrogen and oxygen atoms in total. The molecule has 3 aromatic carbocycles. The van der Waals surface area contributed by atoms with E-state index in [1.165, 1.54) is 97.4 Å². The molecule has 0 amide bonds. The highest BCUT2D eigenvalue weighted by Gasteiger charge is 2.43. The van der Waals surface area contributed by atoms with Gasteiger partial charge in [0.25, 0.3) is 0 Å². The number of nitrogens with zero attached hydrogens (tertiary/aromatic N) is 3. The molecule has 3 aliphatic rings. The summed E-state index contributed by atoms with van der Waals surface area (Å²) < 4.78 is 12.2. The normalized spacial score (nSPS) is 21.6. The third-order valence-electron chi connectivity index (χ3n) is 14.3. The number of allylic oxidation sites excluding steroid dienone is 1. The van der Waals surface area contributed by atoms with Crippen LogP contribution in [0.4, 0.5) is 0 Å². The maximum atomic E-state index is 7.06. The zero-order valence-corrected chi connectivity index (χ0v) is 35.7. The standard InChI is InChI=1S/C54H57N3O/c1-30-13-16-41-44(24-30)45-27-38(9)56-29-46(40-22-31(2)21-32(3)23-40)36(7)26-50(56)52-39(15-20-48(45)57-28-37(8)35(6)25-49(41)57)14-17-42-43-18-19-47(55-54(43)58-53(42)52)51-33(4)11-10-12-34(51)5/h10-14,16-19,24-26,28-29,31-32,40,45,48H,9,15,20-23,27H2,1-8H3/q+2. The lowest BCUT2D eigenvalue weighted by atomic mass is 9.73. The van der Waals surface area contributed by atoms with Crippen molar-refractivity contribution in [3.63, 3.8) is 0 Å². The second-order valence-electron chi connectivity index (χ2n) is 18.7. The van der Waals surface area contributed by atoms with E-state index >= 15 is 0 Å². The second-order valence-corrected chi connectivity index (χ2v) is 18.7. The summed E-state index contributed by atoms with van der Waals surface area (Å²) in [6.45, 7) is 23.3.